The van der Waals surface area contributed by atoms with Crippen molar-refractivity contribution < 1.29 is 14.6 Å². The quantitative estimate of drug-likeness (QED) is 0.778. The Morgan fingerprint density at radius 3 is 2.47 bits per heavy atom. The van der Waals surface area contributed by atoms with Crippen molar-refractivity contribution in [1.29, 1.82) is 0 Å². The van der Waals surface area contributed by atoms with E-state index in [1.54, 1.807) is 0 Å². The molecule has 0 fully saturated rings. The topological polar surface area (TPSA) is 72.5 Å². The molecule has 0 amide bonds. The highest BCUT2D eigenvalue weighted by atomic mass is 16.5. The molecule has 0 saturated heterocycles. The van der Waals surface area contributed by atoms with Crippen LogP contribution in [0.1, 0.15) is 11.1 Å². The number of carbonyl (C=O) groups is 1. The molecular formula is C11H15NO3. The molecule has 1 unspecified atom stereocenters. The zero-order valence-corrected chi connectivity index (χ0v) is 8.86. The van der Waals surface area contributed by atoms with Crippen molar-refractivity contribution in [1.82, 2.24) is 0 Å². The van der Waals surface area contributed by atoms with E-state index in [0.29, 0.717) is 5.75 Å². The van der Waals surface area contributed by atoms with Crippen LogP contribution in [0.5, 0.6) is 5.75 Å². The van der Waals surface area contributed by atoms with Crippen molar-refractivity contribution in [3.05, 3.63) is 29.3 Å². The van der Waals surface area contributed by atoms with Gasteiger partial charge < -0.3 is 15.6 Å². The van der Waals surface area contributed by atoms with Crippen molar-refractivity contribution in [3.63, 3.8) is 0 Å². The number of carboxylic acids is 1. The Morgan fingerprint density at radius 2 is 2.00 bits per heavy atom. The van der Waals surface area contributed by atoms with Crippen LogP contribution in [-0.2, 0) is 4.79 Å². The number of benzene rings is 1. The molecule has 3 N–H and O–H groups in total. The van der Waals surface area contributed by atoms with E-state index in [-0.39, 0.29) is 6.61 Å². The van der Waals surface area contributed by atoms with Gasteiger partial charge in [-0.05, 0) is 25.0 Å². The largest absolute Gasteiger partial charge is 0.491 e. The molecule has 0 saturated carbocycles. The molecule has 0 bridgehead atoms. The second kappa shape index (κ2) is 4.79. The van der Waals surface area contributed by atoms with Gasteiger partial charge in [0.15, 0.2) is 0 Å². The van der Waals surface area contributed by atoms with E-state index in [2.05, 4.69) is 0 Å². The third-order valence-electron chi connectivity index (χ3n) is 2.13. The summed E-state index contributed by atoms with van der Waals surface area (Å²) in [4.78, 5) is 10.5. The number of aryl methyl sites for hydroxylation is 2. The number of hydrogen-bond acceptors (Lipinski definition) is 3. The molecule has 0 aliphatic rings. The minimum absolute atomic E-state index is 0.0129. The fourth-order valence-corrected chi connectivity index (χ4v) is 1.27. The van der Waals surface area contributed by atoms with Crippen LogP contribution in [0.15, 0.2) is 18.2 Å². The molecule has 0 heterocycles. The first-order chi connectivity index (χ1) is 7.02. The highest BCUT2D eigenvalue weighted by Crippen LogP contribution is 2.22. The average molecular weight is 209 g/mol. The average Bonchev–Trinajstić information content (AvgIpc) is 2.16. The Hall–Kier alpha value is -1.55. The van der Waals surface area contributed by atoms with E-state index in [9.17, 15) is 4.79 Å². The van der Waals surface area contributed by atoms with Crippen molar-refractivity contribution in [2.75, 3.05) is 6.61 Å². The number of para-hydroxylation sites is 1. The van der Waals surface area contributed by atoms with Crippen LogP contribution >= 0.6 is 0 Å². The summed E-state index contributed by atoms with van der Waals surface area (Å²) in [5.41, 5.74) is 7.30. The normalized spacial score (nSPS) is 12.2. The second-order valence-corrected chi connectivity index (χ2v) is 3.48. The fraction of sp³-hybridized carbons (Fsp3) is 0.364. The lowest BCUT2D eigenvalue weighted by Crippen LogP contribution is -2.36. The minimum Gasteiger partial charge on any atom is -0.491 e. The smallest absolute Gasteiger partial charge is 0.324 e. The van der Waals surface area contributed by atoms with Gasteiger partial charge in [0, 0.05) is 0 Å². The molecule has 0 aromatic heterocycles. The van der Waals surface area contributed by atoms with Crippen LogP contribution in [0.25, 0.3) is 0 Å². The van der Waals surface area contributed by atoms with Gasteiger partial charge in [0.05, 0.1) is 0 Å². The van der Waals surface area contributed by atoms with E-state index in [0.717, 1.165) is 11.1 Å². The Bertz CT molecular complexity index is 343. The molecular weight excluding hydrogens is 194 g/mol. The Kier molecular flexibility index (Phi) is 3.68. The van der Waals surface area contributed by atoms with Crippen molar-refractivity contribution in [3.8, 4) is 5.75 Å². The fourth-order valence-electron chi connectivity index (χ4n) is 1.27. The molecule has 0 spiro atoms. The van der Waals surface area contributed by atoms with Gasteiger partial charge in [-0.15, -0.1) is 0 Å². The minimum atomic E-state index is -1.05. The van der Waals surface area contributed by atoms with E-state index < -0.39 is 12.0 Å². The number of ether oxygens (including phenoxy) is 1. The lowest BCUT2D eigenvalue weighted by atomic mass is 10.1. The van der Waals surface area contributed by atoms with Crippen LogP contribution in [0.4, 0.5) is 0 Å². The molecule has 4 nitrogen and oxygen atoms in total. The maximum absolute atomic E-state index is 10.5. The van der Waals surface area contributed by atoms with Gasteiger partial charge in [-0.25, -0.2) is 0 Å². The Labute approximate surface area is 88.7 Å². The molecule has 0 radical (unpaired) electrons. The summed E-state index contributed by atoms with van der Waals surface area (Å²) in [7, 11) is 0. The van der Waals surface area contributed by atoms with Crippen molar-refractivity contribution >= 4 is 5.97 Å². The molecule has 1 atom stereocenters. The van der Waals surface area contributed by atoms with Crippen molar-refractivity contribution in [2.24, 2.45) is 5.73 Å². The first-order valence-corrected chi connectivity index (χ1v) is 4.69. The van der Waals surface area contributed by atoms with Crippen LogP contribution in [0.3, 0.4) is 0 Å². The lowest BCUT2D eigenvalue weighted by Gasteiger charge is -2.13. The molecule has 0 aliphatic heterocycles. The van der Waals surface area contributed by atoms with Gasteiger partial charge in [-0.2, -0.15) is 0 Å². The monoisotopic (exact) mass is 209 g/mol. The number of hydrogen-bond donors (Lipinski definition) is 2. The summed E-state index contributed by atoms with van der Waals surface area (Å²) < 4.78 is 5.38. The van der Waals surface area contributed by atoms with E-state index in [4.69, 9.17) is 15.6 Å². The van der Waals surface area contributed by atoms with Gasteiger partial charge in [-0.3, -0.25) is 4.79 Å². The molecule has 1 aromatic carbocycles. The van der Waals surface area contributed by atoms with Gasteiger partial charge in [0.1, 0.15) is 18.4 Å². The summed E-state index contributed by atoms with van der Waals surface area (Å²) in [5.74, 6) is -0.338. The number of nitrogens with two attached hydrogens (primary N) is 1. The van der Waals surface area contributed by atoms with E-state index in [1.165, 1.54) is 0 Å². The Balaban J connectivity index is 2.69. The summed E-state index contributed by atoms with van der Waals surface area (Å²) in [6.45, 7) is 3.81. The molecule has 4 heteroatoms. The maximum atomic E-state index is 10.5. The standard InChI is InChI=1S/C11H15NO3/c1-7-4-3-5-8(2)10(7)15-6-9(12)11(13)14/h3-5,9H,6,12H2,1-2H3,(H,13,14). The first-order valence-electron chi connectivity index (χ1n) is 4.69. The maximum Gasteiger partial charge on any atom is 0.324 e. The van der Waals surface area contributed by atoms with Gasteiger partial charge in [0.25, 0.3) is 0 Å². The summed E-state index contributed by atoms with van der Waals surface area (Å²) in [6, 6.07) is 4.77. The highest BCUT2D eigenvalue weighted by molar-refractivity contribution is 5.73. The van der Waals surface area contributed by atoms with Crippen LogP contribution in [0, 0.1) is 13.8 Å². The zero-order chi connectivity index (χ0) is 11.4. The summed E-state index contributed by atoms with van der Waals surface area (Å²) in [5, 5.41) is 8.59. The first kappa shape index (κ1) is 11.5. The third kappa shape index (κ3) is 2.95. The number of rotatable bonds is 4. The van der Waals surface area contributed by atoms with Crippen LogP contribution in [-0.4, -0.2) is 23.7 Å². The summed E-state index contributed by atoms with van der Waals surface area (Å²) in [6.07, 6.45) is 0. The molecule has 15 heavy (non-hydrogen) atoms. The molecule has 1 rings (SSSR count). The van der Waals surface area contributed by atoms with Gasteiger partial charge in [0.2, 0.25) is 0 Å². The lowest BCUT2D eigenvalue weighted by molar-refractivity contribution is -0.139. The van der Waals surface area contributed by atoms with E-state index >= 15 is 0 Å². The van der Waals surface area contributed by atoms with Crippen LogP contribution in [0.2, 0.25) is 0 Å². The second-order valence-electron chi connectivity index (χ2n) is 3.48. The SMILES string of the molecule is Cc1cccc(C)c1OCC(N)C(=O)O. The number of carboxylic acid groups (broad SMARTS) is 1. The van der Waals surface area contributed by atoms with Crippen LogP contribution < -0.4 is 10.5 Å². The third-order valence-corrected chi connectivity index (χ3v) is 2.13. The number of aliphatic carboxylic acids is 1. The molecule has 1 aromatic rings. The predicted octanol–water partition coefficient (Wildman–Crippen LogP) is 1.09. The predicted molar refractivity (Wildman–Crippen MR) is 57.0 cm³/mol. The molecule has 0 aliphatic carbocycles. The van der Waals surface area contributed by atoms with Gasteiger partial charge >= 0.3 is 5.97 Å². The van der Waals surface area contributed by atoms with E-state index in [1.807, 2.05) is 32.0 Å². The summed E-state index contributed by atoms with van der Waals surface area (Å²) >= 11 is 0. The zero-order valence-electron chi connectivity index (χ0n) is 8.86. The van der Waals surface area contributed by atoms with Crippen molar-refractivity contribution in [2.45, 2.75) is 19.9 Å². The Morgan fingerprint density at radius 1 is 1.47 bits per heavy atom. The molecule has 82 valence electrons. The highest BCUT2D eigenvalue weighted by Gasteiger charge is 2.13. The van der Waals surface area contributed by atoms with Gasteiger partial charge in [-0.1, -0.05) is 18.2 Å².